The standard InChI is InChI=1S/C22H22ClNO2/c1-16(15-18-7-4-6-17-5-2-3-8-21(17)18)22(25)24-13-14-26-20-11-9-19(23)10-12-20/h2-12,16H,13-15H2,1H3,(H,24,25)/t16-/m1/s1. The van der Waals surface area contributed by atoms with Crippen molar-refractivity contribution in [2.45, 2.75) is 13.3 Å². The Bertz CT molecular complexity index is 871. The van der Waals surface area contributed by atoms with E-state index in [4.69, 9.17) is 16.3 Å². The van der Waals surface area contributed by atoms with Crippen LogP contribution in [0.4, 0.5) is 0 Å². The summed E-state index contributed by atoms with van der Waals surface area (Å²) in [6.07, 6.45) is 0.714. The highest BCUT2D eigenvalue weighted by Crippen LogP contribution is 2.21. The van der Waals surface area contributed by atoms with Crippen LogP contribution in [0.1, 0.15) is 12.5 Å². The predicted octanol–water partition coefficient (Wildman–Crippen LogP) is 4.87. The van der Waals surface area contributed by atoms with Gasteiger partial charge in [0.05, 0.1) is 6.54 Å². The van der Waals surface area contributed by atoms with Crippen LogP contribution in [0.25, 0.3) is 10.8 Å². The normalized spacial score (nSPS) is 11.9. The summed E-state index contributed by atoms with van der Waals surface area (Å²) in [4.78, 5) is 12.4. The van der Waals surface area contributed by atoms with Crippen LogP contribution in [0.2, 0.25) is 5.02 Å². The third-order valence-electron chi connectivity index (χ3n) is 4.34. The fraction of sp³-hybridized carbons (Fsp3) is 0.227. The average molecular weight is 368 g/mol. The monoisotopic (exact) mass is 367 g/mol. The van der Waals surface area contributed by atoms with E-state index in [9.17, 15) is 4.79 Å². The Kier molecular flexibility index (Phi) is 6.13. The van der Waals surface area contributed by atoms with Gasteiger partial charge in [-0.2, -0.15) is 0 Å². The Morgan fingerprint density at radius 1 is 1.04 bits per heavy atom. The fourth-order valence-corrected chi connectivity index (χ4v) is 3.07. The molecule has 3 aromatic rings. The third kappa shape index (κ3) is 4.77. The molecule has 3 rings (SSSR count). The number of amides is 1. The minimum absolute atomic E-state index is 0.0395. The molecule has 4 heteroatoms. The van der Waals surface area contributed by atoms with Crippen LogP contribution < -0.4 is 10.1 Å². The van der Waals surface area contributed by atoms with Gasteiger partial charge in [0.2, 0.25) is 5.91 Å². The fourth-order valence-electron chi connectivity index (χ4n) is 2.94. The van der Waals surface area contributed by atoms with E-state index in [0.29, 0.717) is 24.6 Å². The molecule has 3 nitrogen and oxygen atoms in total. The number of hydrogen-bond acceptors (Lipinski definition) is 2. The Morgan fingerprint density at radius 3 is 2.58 bits per heavy atom. The maximum Gasteiger partial charge on any atom is 0.223 e. The first-order valence-electron chi connectivity index (χ1n) is 8.76. The number of rotatable bonds is 7. The van der Waals surface area contributed by atoms with Gasteiger partial charge in [0.15, 0.2) is 0 Å². The topological polar surface area (TPSA) is 38.3 Å². The Labute approximate surface area is 158 Å². The van der Waals surface area contributed by atoms with Crippen molar-refractivity contribution >= 4 is 28.3 Å². The van der Waals surface area contributed by atoms with E-state index in [0.717, 1.165) is 5.75 Å². The van der Waals surface area contributed by atoms with Gasteiger partial charge in [0, 0.05) is 10.9 Å². The third-order valence-corrected chi connectivity index (χ3v) is 4.59. The Balaban J connectivity index is 1.49. The minimum atomic E-state index is -0.101. The lowest BCUT2D eigenvalue weighted by Gasteiger charge is -2.14. The Hall–Kier alpha value is -2.52. The van der Waals surface area contributed by atoms with Gasteiger partial charge in [0.25, 0.3) is 0 Å². The van der Waals surface area contributed by atoms with Crippen molar-refractivity contribution < 1.29 is 9.53 Å². The molecular weight excluding hydrogens is 346 g/mol. The van der Waals surface area contributed by atoms with Gasteiger partial charge in [-0.1, -0.05) is 61.0 Å². The molecule has 0 saturated heterocycles. The number of fused-ring (bicyclic) bond motifs is 1. The lowest BCUT2D eigenvalue weighted by molar-refractivity contribution is -0.124. The summed E-state index contributed by atoms with van der Waals surface area (Å²) in [6.45, 7) is 2.85. The molecule has 1 amide bonds. The second-order valence-corrected chi connectivity index (χ2v) is 6.77. The summed E-state index contributed by atoms with van der Waals surface area (Å²) in [5.74, 6) is 0.682. The van der Waals surface area contributed by atoms with Crippen LogP contribution in [0, 0.1) is 5.92 Å². The van der Waals surface area contributed by atoms with Gasteiger partial charge in [-0.05, 0) is 47.0 Å². The number of ether oxygens (including phenoxy) is 1. The SMILES string of the molecule is C[C@H](Cc1cccc2ccccc12)C(=O)NCCOc1ccc(Cl)cc1. The summed E-state index contributed by atoms with van der Waals surface area (Å²) in [5, 5.41) is 6.03. The molecule has 134 valence electrons. The van der Waals surface area contributed by atoms with Gasteiger partial charge in [-0.3, -0.25) is 4.79 Å². The molecule has 0 fully saturated rings. The van der Waals surface area contributed by atoms with Crippen LogP contribution in [-0.2, 0) is 11.2 Å². The van der Waals surface area contributed by atoms with E-state index in [2.05, 4.69) is 29.6 Å². The van der Waals surface area contributed by atoms with Gasteiger partial charge >= 0.3 is 0 Å². The summed E-state index contributed by atoms with van der Waals surface area (Å²) in [5.41, 5.74) is 1.20. The van der Waals surface area contributed by atoms with E-state index in [1.165, 1.54) is 16.3 Å². The zero-order chi connectivity index (χ0) is 18.4. The smallest absolute Gasteiger partial charge is 0.223 e. The van der Waals surface area contributed by atoms with E-state index in [-0.39, 0.29) is 11.8 Å². The quantitative estimate of drug-likeness (QED) is 0.605. The molecule has 26 heavy (non-hydrogen) atoms. The first-order valence-corrected chi connectivity index (χ1v) is 9.14. The van der Waals surface area contributed by atoms with Gasteiger partial charge in [0.1, 0.15) is 12.4 Å². The Morgan fingerprint density at radius 2 is 1.77 bits per heavy atom. The predicted molar refractivity (Wildman–Crippen MR) is 107 cm³/mol. The number of carbonyl (C=O) groups excluding carboxylic acids is 1. The highest BCUT2D eigenvalue weighted by atomic mass is 35.5. The molecule has 0 radical (unpaired) electrons. The highest BCUT2D eigenvalue weighted by molar-refractivity contribution is 6.30. The van der Waals surface area contributed by atoms with E-state index < -0.39 is 0 Å². The summed E-state index contributed by atoms with van der Waals surface area (Å²) in [7, 11) is 0. The molecule has 0 aliphatic carbocycles. The largest absolute Gasteiger partial charge is 0.492 e. The maximum absolute atomic E-state index is 12.4. The van der Waals surface area contributed by atoms with Crippen molar-refractivity contribution in [1.82, 2.24) is 5.32 Å². The molecule has 0 bridgehead atoms. The van der Waals surface area contributed by atoms with Crippen LogP contribution in [0.3, 0.4) is 0 Å². The second kappa shape index (κ2) is 8.72. The molecule has 3 aromatic carbocycles. The molecule has 1 N–H and O–H groups in total. The van der Waals surface area contributed by atoms with Crippen LogP contribution >= 0.6 is 11.6 Å². The molecule has 1 atom stereocenters. The van der Waals surface area contributed by atoms with Gasteiger partial charge in [-0.25, -0.2) is 0 Å². The second-order valence-electron chi connectivity index (χ2n) is 6.34. The molecule has 0 unspecified atom stereocenters. The molecule has 0 aromatic heterocycles. The van der Waals surface area contributed by atoms with Crippen molar-refractivity contribution in [3.8, 4) is 5.75 Å². The number of carbonyl (C=O) groups is 1. The number of halogens is 1. The zero-order valence-corrected chi connectivity index (χ0v) is 15.5. The average Bonchev–Trinajstić information content (AvgIpc) is 2.66. The molecule has 0 spiro atoms. The van der Waals surface area contributed by atoms with Crippen molar-refractivity contribution in [2.75, 3.05) is 13.2 Å². The summed E-state index contributed by atoms with van der Waals surface area (Å²) in [6, 6.07) is 21.7. The van der Waals surface area contributed by atoms with E-state index in [1.54, 1.807) is 12.1 Å². The van der Waals surface area contributed by atoms with Crippen molar-refractivity contribution in [3.63, 3.8) is 0 Å². The van der Waals surface area contributed by atoms with Gasteiger partial charge < -0.3 is 10.1 Å². The number of nitrogens with one attached hydrogen (secondary N) is 1. The molecule has 0 saturated carbocycles. The summed E-state index contributed by atoms with van der Waals surface area (Å²) < 4.78 is 5.59. The first kappa shape index (κ1) is 18.3. The first-order chi connectivity index (χ1) is 12.6. The number of hydrogen-bond donors (Lipinski definition) is 1. The molecule has 0 heterocycles. The van der Waals surface area contributed by atoms with Crippen molar-refractivity contribution in [2.24, 2.45) is 5.92 Å². The van der Waals surface area contributed by atoms with Gasteiger partial charge in [-0.15, -0.1) is 0 Å². The van der Waals surface area contributed by atoms with Crippen molar-refractivity contribution in [1.29, 1.82) is 0 Å². The van der Waals surface area contributed by atoms with Crippen molar-refractivity contribution in [3.05, 3.63) is 77.3 Å². The molecule has 0 aliphatic heterocycles. The highest BCUT2D eigenvalue weighted by Gasteiger charge is 2.14. The van der Waals surface area contributed by atoms with Crippen LogP contribution in [-0.4, -0.2) is 19.1 Å². The van der Waals surface area contributed by atoms with Crippen LogP contribution in [0.5, 0.6) is 5.75 Å². The lowest BCUT2D eigenvalue weighted by atomic mass is 9.95. The number of benzene rings is 3. The molecular formula is C22H22ClNO2. The van der Waals surface area contributed by atoms with E-state index in [1.807, 2.05) is 37.3 Å². The summed E-state index contributed by atoms with van der Waals surface area (Å²) >= 11 is 5.84. The van der Waals surface area contributed by atoms with E-state index >= 15 is 0 Å². The zero-order valence-electron chi connectivity index (χ0n) is 14.7. The lowest BCUT2D eigenvalue weighted by Crippen LogP contribution is -2.33. The minimum Gasteiger partial charge on any atom is -0.492 e. The van der Waals surface area contributed by atoms with Crippen LogP contribution in [0.15, 0.2) is 66.7 Å². The maximum atomic E-state index is 12.4. The molecule has 0 aliphatic rings.